The Balaban J connectivity index is 5.08. The van der Waals surface area contributed by atoms with Gasteiger partial charge in [0.2, 0.25) is 0 Å². The fourth-order valence-corrected chi connectivity index (χ4v) is 18.7. The van der Waals surface area contributed by atoms with Crippen LogP contribution in [0.2, 0.25) is 0 Å². The average molecular weight is 803 g/mol. The molecule has 0 N–H and O–H groups in total. The first-order chi connectivity index (χ1) is 25.6. The molecule has 0 rings (SSSR count). The molecular formula is C48H102P4. The van der Waals surface area contributed by atoms with Crippen LogP contribution < -0.4 is 0 Å². The van der Waals surface area contributed by atoms with Gasteiger partial charge in [-0.15, -0.1) is 31.7 Å². The van der Waals surface area contributed by atoms with Crippen LogP contribution in [-0.4, -0.2) is 73.9 Å². The molecule has 0 saturated carbocycles. The summed E-state index contributed by atoms with van der Waals surface area (Å²) in [6.07, 6.45) is 63.9. The second-order valence-corrected chi connectivity index (χ2v) is 27.6. The Morgan fingerprint density at radius 1 is 0.154 bits per heavy atom. The molecule has 0 unspecified atom stereocenters. The van der Waals surface area contributed by atoms with Gasteiger partial charge in [0, 0.05) is 0 Å². The zero-order chi connectivity index (χ0) is 38.0. The lowest BCUT2D eigenvalue weighted by Gasteiger charge is -2.22. The zero-order valence-corrected chi connectivity index (χ0v) is 41.1. The topological polar surface area (TPSA) is 0 Å². The molecule has 0 heterocycles. The van der Waals surface area contributed by atoms with Gasteiger partial charge in [-0.3, -0.25) is 0 Å². The van der Waals surface area contributed by atoms with Crippen molar-refractivity contribution < 1.29 is 0 Å². The van der Waals surface area contributed by atoms with Crippen molar-refractivity contribution in [1.82, 2.24) is 0 Å². The third kappa shape index (κ3) is 38.6. The van der Waals surface area contributed by atoms with Crippen molar-refractivity contribution in [3.05, 3.63) is 0 Å². The van der Waals surface area contributed by atoms with Crippen LogP contribution in [0, 0.1) is 0 Å². The largest absolute Gasteiger partial charge is 0.107 e. The molecule has 0 aromatic heterocycles. The Labute approximate surface area is 338 Å². The Hall–Kier alpha value is 1.72. The van der Waals surface area contributed by atoms with Crippen LogP contribution in [0.1, 0.15) is 234 Å². The SMILES string of the molecule is CCCCCCP(CCCCCC)CCCCP(CCCCP(CCCCCC)CCCCCC)CCCCP(CCCCCC)CCCCCC. The highest BCUT2D eigenvalue weighted by Crippen LogP contribution is 2.45. The first-order valence-electron chi connectivity index (χ1n) is 24.5. The number of hydrogen-bond acceptors (Lipinski definition) is 0. The molecule has 0 saturated heterocycles. The van der Waals surface area contributed by atoms with Crippen LogP contribution in [0.5, 0.6) is 0 Å². The van der Waals surface area contributed by atoms with E-state index in [0.29, 0.717) is 23.8 Å². The highest BCUT2D eigenvalue weighted by molar-refractivity contribution is 7.58. The number of unbranched alkanes of at least 4 members (excludes halogenated alkanes) is 21. The monoisotopic (exact) mass is 803 g/mol. The Kier molecular flexibility index (Phi) is 46.9. The van der Waals surface area contributed by atoms with Crippen molar-refractivity contribution in [3.63, 3.8) is 0 Å². The molecule has 0 bridgehead atoms. The van der Waals surface area contributed by atoms with Crippen LogP contribution >= 0.6 is 31.7 Å². The second-order valence-electron chi connectivity index (χ2n) is 16.9. The van der Waals surface area contributed by atoms with Crippen LogP contribution in [0.3, 0.4) is 0 Å². The molecule has 314 valence electrons. The minimum Gasteiger partial charge on any atom is -0.107 e. The molecule has 0 fully saturated rings. The van der Waals surface area contributed by atoms with Gasteiger partial charge >= 0.3 is 0 Å². The van der Waals surface area contributed by atoms with Gasteiger partial charge in [0.05, 0.1) is 0 Å². The molecule has 0 nitrogen and oxygen atoms in total. The van der Waals surface area contributed by atoms with Gasteiger partial charge in [-0.1, -0.05) is 157 Å². The van der Waals surface area contributed by atoms with E-state index in [9.17, 15) is 0 Å². The van der Waals surface area contributed by atoms with Gasteiger partial charge in [0.1, 0.15) is 0 Å². The molecule has 0 aromatic carbocycles. The maximum atomic E-state index is 2.37. The molecule has 0 spiro atoms. The molecule has 0 aliphatic heterocycles. The van der Waals surface area contributed by atoms with Crippen LogP contribution in [0.15, 0.2) is 0 Å². The highest BCUT2D eigenvalue weighted by atomic mass is 31.1. The van der Waals surface area contributed by atoms with E-state index in [1.165, 1.54) is 154 Å². The molecule has 0 aliphatic rings. The lowest BCUT2D eigenvalue weighted by Crippen LogP contribution is -2.02. The lowest BCUT2D eigenvalue weighted by atomic mass is 10.2. The molecule has 0 amide bonds. The third-order valence-electron chi connectivity index (χ3n) is 11.6. The predicted molar refractivity (Wildman–Crippen MR) is 259 cm³/mol. The van der Waals surface area contributed by atoms with Crippen molar-refractivity contribution in [3.8, 4) is 0 Å². The first-order valence-corrected chi connectivity index (χ1v) is 32.1. The van der Waals surface area contributed by atoms with Crippen molar-refractivity contribution in [2.75, 3.05) is 73.9 Å². The van der Waals surface area contributed by atoms with E-state index in [2.05, 4.69) is 41.5 Å². The summed E-state index contributed by atoms with van der Waals surface area (Å²) in [4.78, 5) is 0. The van der Waals surface area contributed by atoms with Gasteiger partial charge in [-0.05, 0) is 151 Å². The first kappa shape index (κ1) is 53.7. The smallest absolute Gasteiger partial charge is 0.0326 e. The lowest BCUT2D eigenvalue weighted by molar-refractivity contribution is 0.694. The van der Waals surface area contributed by atoms with E-state index >= 15 is 0 Å². The van der Waals surface area contributed by atoms with Crippen LogP contribution in [0.25, 0.3) is 0 Å². The van der Waals surface area contributed by atoms with Gasteiger partial charge in [-0.2, -0.15) is 0 Å². The summed E-state index contributed by atoms with van der Waals surface area (Å²) in [6, 6.07) is 0. The summed E-state index contributed by atoms with van der Waals surface area (Å²) in [7, 11) is 1.21. The average Bonchev–Trinajstić information content (AvgIpc) is 3.15. The normalized spacial score (nSPS) is 12.1. The van der Waals surface area contributed by atoms with Crippen molar-refractivity contribution in [2.45, 2.75) is 234 Å². The Morgan fingerprint density at radius 3 is 0.385 bits per heavy atom. The number of hydrogen-bond donors (Lipinski definition) is 0. The summed E-state index contributed by atoms with van der Waals surface area (Å²) in [6.45, 7) is 14.2. The van der Waals surface area contributed by atoms with Gasteiger partial charge in [0.25, 0.3) is 0 Å². The van der Waals surface area contributed by atoms with E-state index in [4.69, 9.17) is 0 Å². The van der Waals surface area contributed by atoms with Gasteiger partial charge < -0.3 is 0 Å². The maximum absolute atomic E-state index is 2.37. The predicted octanol–water partition coefficient (Wildman–Crippen LogP) is 18.7. The molecule has 0 radical (unpaired) electrons. The number of rotatable bonds is 45. The molecule has 4 heteroatoms. The second kappa shape index (κ2) is 45.4. The maximum Gasteiger partial charge on any atom is -0.0326 e. The van der Waals surface area contributed by atoms with E-state index in [0.717, 1.165) is 0 Å². The standard InChI is InChI=1S/C48H102P4/c1-7-13-19-25-37-49(38-26-20-14-8-2)43-31-34-46-52(47-35-32-44-50(39-27-21-15-9-3)40-28-22-16-10-4)48-36-33-45-51(41-29-23-17-11-5)42-30-24-18-12-6/h7-48H2,1-6H3. The van der Waals surface area contributed by atoms with E-state index in [-0.39, 0.29) is 7.92 Å². The van der Waals surface area contributed by atoms with E-state index < -0.39 is 0 Å². The van der Waals surface area contributed by atoms with Crippen molar-refractivity contribution in [1.29, 1.82) is 0 Å². The minimum absolute atomic E-state index is 0.273. The molecule has 0 aromatic rings. The molecular weight excluding hydrogens is 700 g/mol. The molecule has 0 aliphatic carbocycles. The van der Waals surface area contributed by atoms with E-state index in [1.807, 2.05) is 0 Å². The van der Waals surface area contributed by atoms with Gasteiger partial charge in [0.15, 0.2) is 0 Å². The summed E-state index contributed by atoms with van der Waals surface area (Å²) >= 11 is 0. The van der Waals surface area contributed by atoms with Crippen molar-refractivity contribution in [2.24, 2.45) is 0 Å². The fourth-order valence-electron chi connectivity index (χ4n) is 7.93. The molecule has 52 heavy (non-hydrogen) atoms. The zero-order valence-electron chi connectivity index (χ0n) is 37.5. The highest BCUT2D eigenvalue weighted by Gasteiger charge is 2.14. The molecule has 0 atom stereocenters. The summed E-state index contributed by atoms with van der Waals surface area (Å²) in [5.41, 5.74) is 0. The van der Waals surface area contributed by atoms with Crippen LogP contribution in [-0.2, 0) is 0 Å². The summed E-state index contributed by atoms with van der Waals surface area (Å²) < 4.78 is 0. The van der Waals surface area contributed by atoms with Crippen molar-refractivity contribution >= 4 is 31.7 Å². The Morgan fingerprint density at radius 2 is 0.269 bits per heavy atom. The third-order valence-corrected chi connectivity index (χ3v) is 22.9. The quantitative estimate of drug-likeness (QED) is 0.0425. The fraction of sp³-hybridized carbons (Fsp3) is 1.00. The summed E-state index contributed by atoms with van der Waals surface area (Å²) in [5, 5.41) is 0. The minimum atomic E-state index is 0.273. The summed E-state index contributed by atoms with van der Waals surface area (Å²) in [5.74, 6) is 0. The van der Waals surface area contributed by atoms with E-state index in [1.54, 1.807) is 112 Å². The van der Waals surface area contributed by atoms with Gasteiger partial charge in [-0.25, -0.2) is 0 Å². The van der Waals surface area contributed by atoms with Crippen LogP contribution in [0.4, 0.5) is 0 Å². The Bertz CT molecular complexity index is 520.